The molecule has 7 heteroatoms. The van der Waals surface area contributed by atoms with Crippen LogP contribution in [0.4, 0.5) is 4.39 Å². The molecule has 20 heavy (non-hydrogen) atoms. The zero-order chi connectivity index (χ0) is 14.4. The van der Waals surface area contributed by atoms with Crippen LogP contribution in [0, 0.1) is 10.6 Å². The topological polar surface area (TPSA) is 20.7 Å². The summed E-state index contributed by atoms with van der Waals surface area (Å²) >= 11 is 16.1. The van der Waals surface area contributed by atoms with E-state index < -0.39 is 0 Å². The highest BCUT2D eigenvalue weighted by Crippen LogP contribution is 2.32. The maximum atomic E-state index is 13.6. The molecule has 0 aliphatic heterocycles. The Balaban J connectivity index is 2.23. The second-order valence-electron chi connectivity index (χ2n) is 4.40. The molecule has 0 radical (unpaired) electrons. The van der Waals surface area contributed by atoms with Crippen molar-refractivity contribution < 1.29 is 4.39 Å². The Hall–Kier alpha value is -0.690. The normalized spacial score (nSPS) is 13.0. The summed E-state index contributed by atoms with van der Waals surface area (Å²) in [5, 5.41) is 0. The van der Waals surface area contributed by atoms with Gasteiger partial charge in [0.25, 0.3) is 0 Å². The van der Waals surface area contributed by atoms with Crippen LogP contribution in [0.2, 0.25) is 4.34 Å². The lowest BCUT2D eigenvalue weighted by Gasteiger charge is -2.13. The maximum absolute atomic E-state index is 13.6. The van der Waals surface area contributed by atoms with Crippen molar-refractivity contribution in [2.24, 2.45) is 0 Å². The average Bonchev–Trinajstić information content (AvgIpc) is 2.93. The monoisotopic (exact) mass is 390 g/mol. The van der Waals surface area contributed by atoms with Gasteiger partial charge in [0.15, 0.2) is 4.77 Å². The zero-order valence-electron chi connectivity index (χ0n) is 10.3. The van der Waals surface area contributed by atoms with Gasteiger partial charge in [-0.25, -0.2) is 4.39 Å². The molecule has 104 valence electrons. The molecule has 1 aromatic carbocycles. The van der Waals surface area contributed by atoms with Crippen molar-refractivity contribution in [3.05, 3.63) is 48.5 Å². The van der Waals surface area contributed by atoms with Gasteiger partial charge in [0.05, 0.1) is 25.9 Å². The number of hydrogen-bond acceptors (Lipinski definition) is 2. The first-order valence-electron chi connectivity index (χ1n) is 5.82. The Kier molecular flexibility index (Phi) is 3.75. The summed E-state index contributed by atoms with van der Waals surface area (Å²) in [6.45, 7) is 2.04. The molecule has 0 saturated heterocycles. The predicted molar refractivity (Wildman–Crippen MR) is 87.9 cm³/mol. The van der Waals surface area contributed by atoms with Gasteiger partial charge in [-0.05, 0) is 53.3 Å². The third-order valence-corrected chi connectivity index (χ3v) is 5.46. The molecule has 3 rings (SSSR count). The lowest BCUT2D eigenvalue weighted by molar-refractivity contribution is 0.622. The number of hydrogen-bond donors (Lipinski definition) is 1. The Morgan fingerprint density at radius 3 is 2.85 bits per heavy atom. The number of rotatable bonds is 2. The molecule has 0 fully saturated rings. The first-order valence-corrected chi connectivity index (χ1v) is 8.21. The minimum Gasteiger partial charge on any atom is -0.330 e. The molecule has 0 bridgehead atoms. The highest BCUT2D eigenvalue weighted by Gasteiger charge is 2.16. The molecule has 2 aromatic heterocycles. The summed E-state index contributed by atoms with van der Waals surface area (Å²) in [4.78, 5) is 4.15. The molecule has 1 unspecified atom stereocenters. The van der Waals surface area contributed by atoms with Crippen LogP contribution in [0.5, 0.6) is 0 Å². The minimum atomic E-state index is -0.312. The number of imidazole rings is 1. The van der Waals surface area contributed by atoms with E-state index in [2.05, 4.69) is 20.9 Å². The van der Waals surface area contributed by atoms with Crippen molar-refractivity contribution in [1.82, 2.24) is 9.55 Å². The molecule has 0 amide bonds. The van der Waals surface area contributed by atoms with E-state index in [1.807, 2.05) is 23.6 Å². The number of nitrogens with one attached hydrogen (secondary N) is 1. The Morgan fingerprint density at radius 1 is 1.45 bits per heavy atom. The summed E-state index contributed by atoms with van der Waals surface area (Å²) in [6.07, 6.45) is 0. The smallest absolute Gasteiger partial charge is 0.178 e. The zero-order valence-corrected chi connectivity index (χ0v) is 14.3. The lowest BCUT2D eigenvalue weighted by atomic mass is 10.2. The fraction of sp³-hybridized carbons (Fsp3) is 0.154. The number of aromatic amines is 1. The highest BCUT2D eigenvalue weighted by atomic mass is 79.9. The number of thiophene rings is 1. The van der Waals surface area contributed by atoms with E-state index in [1.54, 1.807) is 6.07 Å². The Bertz CT molecular complexity index is 852. The van der Waals surface area contributed by atoms with Gasteiger partial charge in [-0.15, -0.1) is 11.3 Å². The predicted octanol–water partition coefficient (Wildman–Crippen LogP) is 5.92. The fourth-order valence-corrected chi connectivity index (χ4v) is 3.99. The van der Waals surface area contributed by atoms with E-state index >= 15 is 0 Å². The van der Waals surface area contributed by atoms with E-state index in [1.165, 1.54) is 17.4 Å². The standard InChI is InChI=1S/C13H9BrClFN2S2/c1-6(11-2-3-12(15)20-11)18-10-4-7(14)8(16)5-9(10)17-13(18)19/h2-6H,1H3,(H,17,19). The number of H-pyrrole nitrogens is 1. The van der Waals surface area contributed by atoms with Crippen molar-refractivity contribution in [2.75, 3.05) is 0 Å². The molecule has 3 aromatic rings. The number of fused-ring (bicyclic) bond motifs is 1. The Morgan fingerprint density at radius 2 is 2.20 bits per heavy atom. The molecule has 2 nitrogen and oxygen atoms in total. The van der Waals surface area contributed by atoms with E-state index in [0.717, 1.165) is 14.7 Å². The highest BCUT2D eigenvalue weighted by molar-refractivity contribution is 9.10. The van der Waals surface area contributed by atoms with Crippen molar-refractivity contribution in [1.29, 1.82) is 0 Å². The van der Waals surface area contributed by atoms with Gasteiger partial charge in [0, 0.05) is 10.9 Å². The quantitative estimate of drug-likeness (QED) is 0.537. The summed E-state index contributed by atoms with van der Waals surface area (Å²) in [5.41, 5.74) is 1.55. The fourth-order valence-electron chi connectivity index (χ4n) is 2.19. The van der Waals surface area contributed by atoms with Crippen molar-refractivity contribution in [3.8, 4) is 0 Å². The van der Waals surface area contributed by atoms with Crippen LogP contribution in [0.1, 0.15) is 17.8 Å². The summed E-state index contributed by atoms with van der Waals surface area (Å²) < 4.78 is 17.3. The van der Waals surface area contributed by atoms with E-state index in [0.29, 0.717) is 14.8 Å². The van der Waals surface area contributed by atoms with Crippen LogP contribution in [0.3, 0.4) is 0 Å². The molecule has 0 aliphatic carbocycles. The van der Waals surface area contributed by atoms with E-state index in [4.69, 9.17) is 23.8 Å². The van der Waals surface area contributed by atoms with Gasteiger partial charge >= 0.3 is 0 Å². The summed E-state index contributed by atoms with van der Waals surface area (Å²) in [5.74, 6) is -0.312. The molecule has 2 heterocycles. The first-order chi connectivity index (χ1) is 9.47. The van der Waals surface area contributed by atoms with Gasteiger partial charge in [0.1, 0.15) is 5.82 Å². The van der Waals surface area contributed by atoms with Crippen LogP contribution >= 0.6 is 51.1 Å². The second-order valence-corrected chi connectivity index (χ2v) is 7.39. The third-order valence-electron chi connectivity index (χ3n) is 3.15. The summed E-state index contributed by atoms with van der Waals surface area (Å²) in [7, 11) is 0. The lowest BCUT2D eigenvalue weighted by Crippen LogP contribution is -2.05. The Labute approximate surface area is 137 Å². The number of aromatic nitrogens is 2. The van der Waals surface area contributed by atoms with Crippen molar-refractivity contribution in [3.63, 3.8) is 0 Å². The molecular formula is C13H9BrClFN2S2. The van der Waals surface area contributed by atoms with Crippen LogP contribution < -0.4 is 0 Å². The van der Waals surface area contributed by atoms with Crippen LogP contribution in [-0.2, 0) is 0 Å². The molecule has 0 saturated carbocycles. The molecule has 0 aliphatic rings. The number of nitrogens with zero attached hydrogens (tertiary/aromatic N) is 1. The van der Waals surface area contributed by atoms with Gasteiger partial charge in [0.2, 0.25) is 0 Å². The summed E-state index contributed by atoms with van der Waals surface area (Å²) in [6, 6.07) is 7.07. The minimum absolute atomic E-state index is 0.0334. The number of benzene rings is 1. The van der Waals surface area contributed by atoms with Crippen molar-refractivity contribution in [2.45, 2.75) is 13.0 Å². The third kappa shape index (κ3) is 2.35. The SMILES string of the molecule is CC(c1ccc(Cl)s1)n1c(=S)[nH]c2cc(F)c(Br)cc21. The molecule has 1 atom stereocenters. The van der Waals surface area contributed by atoms with Crippen molar-refractivity contribution >= 4 is 62.1 Å². The second kappa shape index (κ2) is 5.26. The van der Waals surface area contributed by atoms with Crippen LogP contribution in [0.15, 0.2) is 28.7 Å². The van der Waals surface area contributed by atoms with Gasteiger partial charge < -0.3 is 9.55 Å². The average molecular weight is 392 g/mol. The molecular weight excluding hydrogens is 383 g/mol. The van der Waals surface area contributed by atoms with E-state index in [-0.39, 0.29) is 11.9 Å². The van der Waals surface area contributed by atoms with Crippen LogP contribution in [0.25, 0.3) is 11.0 Å². The number of halogens is 3. The van der Waals surface area contributed by atoms with E-state index in [9.17, 15) is 4.39 Å². The van der Waals surface area contributed by atoms with Gasteiger partial charge in [-0.3, -0.25) is 0 Å². The van der Waals surface area contributed by atoms with Gasteiger partial charge in [-0.1, -0.05) is 11.6 Å². The molecule has 1 N–H and O–H groups in total. The first kappa shape index (κ1) is 14.3. The largest absolute Gasteiger partial charge is 0.330 e. The maximum Gasteiger partial charge on any atom is 0.178 e. The van der Waals surface area contributed by atoms with Crippen LogP contribution in [-0.4, -0.2) is 9.55 Å². The van der Waals surface area contributed by atoms with Gasteiger partial charge in [-0.2, -0.15) is 0 Å². The molecule has 0 spiro atoms.